The number of hydrogen-bond donors (Lipinski definition) is 0. The van der Waals surface area contributed by atoms with E-state index in [-0.39, 0.29) is 0 Å². The van der Waals surface area contributed by atoms with Crippen molar-refractivity contribution >= 4 is 87.4 Å². The molecule has 0 aliphatic heterocycles. The van der Waals surface area contributed by atoms with E-state index in [0.717, 1.165) is 39.8 Å². The Morgan fingerprint density at radius 2 is 0.812 bits per heavy atom. The molecule has 0 unspecified atom stereocenters. The summed E-state index contributed by atoms with van der Waals surface area (Å²) in [5.74, 6) is 0. The van der Waals surface area contributed by atoms with Crippen molar-refractivity contribution in [2.75, 3.05) is 9.80 Å². The Kier molecular flexibility index (Phi) is 9.36. The molecule has 10 aromatic carbocycles. The van der Waals surface area contributed by atoms with Gasteiger partial charge < -0.3 is 14.4 Å². The standard InChI is InChI=1S/C60H41N3S/c1-5-17-42(18-6-1)43-31-35-49(36-32-43)62(51-26-15-25-50(41-51)61(46-19-7-2-8-20-46)47-21-9-3-10-22-47)57-30-16-28-54-55-39-44(34-38-59(55)64-60(54)57)45-33-37-53-52-27-13-14-29-56(52)63(58(53)40-45)48-23-11-4-12-24-48/h1-41H. The molecule has 64 heavy (non-hydrogen) atoms. The van der Waals surface area contributed by atoms with E-state index in [0.29, 0.717) is 0 Å². The monoisotopic (exact) mass is 835 g/mol. The van der Waals surface area contributed by atoms with Gasteiger partial charge in [0.1, 0.15) is 0 Å². The Bertz CT molecular complexity index is 3560. The van der Waals surface area contributed by atoms with Gasteiger partial charge in [-0.2, -0.15) is 0 Å². The Morgan fingerprint density at radius 1 is 0.297 bits per heavy atom. The van der Waals surface area contributed by atoms with Crippen molar-refractivity contribution in [2.45, 2.75) is 0 Å². The summed E-state index contributed by atoms with van der Waals surface area (Å²) < 4.78 is 4.90. The molecule has 0 bridgehead atoms. The van der Waals surface area contributed by atoms with Crippen LogP contribution in [0.5, 0.6) is 0 Å². The second kappa shape index (κ2) is 15.9. The summed E-state index contributed by atoms with van der Waals surface area (Å²) in [6, 6.07) is 90.0. The van der Waals surface area contributed by atoms with Crippen LogP contribution in [0.1, 0.15) is 0 Å². The quantitative estimate of drug-likeness (QED) is 0.143. The van der Waals surface area contributed by atoms with Crippen molar-refractivity contribution in [3.63, 3.8) is 0 Å². The third-order valence-electron chi connectivity index (χ3n) is 12.3. The van der Waals surface area contributed by atoms with Crippen molar-refractivity contribution in [2.24, 2.45) is 0 Å². The second-order valence-corrected chi connectivity index (χ2v) is 17.2. The lowest BCUT2D eigenvalue weighted by atomic mass is 10.0. The smallest absolute Gasteiger partial charge is 0.0640 e. The molecule has 0 fully saturated rings. The summed E-state index contributed by atoms with van der Waals surface area (Å²) in [6.07, 6.45) is 0. The molecule has 0 aliphatic rings. The van der Waals surface area contributed by atoms with Crippen LogP contribution in [0.2, 0.25) is 0 Å². The first-order valence-electron chi connectivity index (χ1n) is 21.8. The zero-order chi connectivity index (χ0) is 42.4. The number of para-hydroxylation sites is 4. The minimum Gasteiger partial charge on any atom is -0.310 e. The maximum atomic E-state index is 2.43. The number of hydrogen-bond acceptors (Lipinski definition) is 3. The molecule has 0 saturated carbocycles. The van der Waals surface area contributed by atoms with E-state index in [1.807, 2.05) is 11.3 Å². The lowest BCUT2D eigenvalue weighted by Crippen LogP contribution is -2.13. The maximum absolute atomic E-state index is 2.43. The summed E-state index contributed by atoms with van der Waals surface area (Å²) >= 11 is 1.86. The van der Waals surface area contributed by atoms with Gasteiger partial charge in [0, 0.05) is 60.4 Å². The van der Waals surface area contributed by atoms with Crippen molar-refractivity contribution < 1.29 is 0 Å². The van der Waals surface area contributed by atoms with Crippen LogP contribution < -0.4 is 9.80 Å². The fraction of sp³-hybridized carbons (Fsp3) is 0. The largest absolute Gasteiger partial charge is 0.310 e. The normalized spacial score (nSPS) is 11.4. The van der Waals surface area contributed by atoms with E-state index in [1.54, 1.807) is 0 Å². The topological polar surface area (TPSA) is 11.4 Å². The lowest BCUT2D eigenvalue weighted by Gasteiger charge is -2.29. The Morgan fingerprint density at radius 3 is 1.55 bits per heavy atom. The predicted molar refractivity (Wildman–Crippen MR) is 274 cm³/mol. The molecule has 302 valence electrons. The lowest BCUT2D eigenvalue weighted by molar-refractivity contribution is 1.18. The van der Waals surface area contributed by atoms with Crippen molar-refractivity contribution in [1.82, 2.24) is 4.57 Å². The van der Waals surface area contributed by atoms with E-state index in [4.69, 9.17) is 0 Å². The van der Waals surface area contributed by atoms with Crippen LogP contribution >= 0.6 is 11.3 Å². The van der Waals surface area contributed by atoms with Crippen LogP contribution in [0.25, 0.3) is 69.9 Å². The SMILES string of the molecule is c1ccc(-c2ccc(N(c3cccc(N(c4ccccc4)c4ccccc4)c3)c3cccc4c3sc3ccc(-c5ccc6c7ccccc7n(-c7ccccc7)c6c5)cc34)cc2)cc1. The van der Waals surface area contributed by atoms with Crippen molar-refractivity contribution in [1.29, 1.82) is 0 Å². The van der Waals surface area contributed by atoms with E-state index >= 15 is 0 Å². The number of anilines is 6. The van der Waals surface area contributed by atoms with Crippen molar-refractivity contribution in [3.8, 4) is 27.9 Å². The highest BCUT2D eigenvalue weighted by molar-refractivity contribution is 7.26. The van der Waals surface area contributed by atoms with E-state index in [2.05, 4.69) is 263 Å². The third-order valence-corrected chi connectivity index (χ3v) is 13.6. The summed E-state index contributed by atoms with van der Waals surface area (Å²) in [7, 11) is 0. The number of nitrogens with zero attached hydrogens (tertiary/aromatic N) is 3. The molecule has 0 amide bonds. The van der Waals surface area contributed by atoms with Crippen LogP contribution in [-0.4, -0.2) is 4.57 Å². The number of fused-ring (bicyclic) bond motifs is 6. The van der Waals surface area contributed by atoms with Crippen molar-refractivity contribution in [3.05, 3.63) is 249 Å². The Labute approximate surface area is 376 Å². The molecule has 0 aliphatic carbocycles. The molecular formula is C60H41N3S. The summed E-state index contributed by atoms with van der Waals surface area (Å²) in [4.78, 5) is 4.76. The highest BCUT2D eigenvalue weighted by atomic mass is 32.1. The van der Waals surface area contributed by atoms with Gasteiger partial charge in [-0.3, -0.25) is 0 Å². The van der Waals surface area contributed by atoms with Gasteiger partial charge in [0.25, 0.3) is 0 Å². The predicted octanol–water partition coefficient (Wildman–Crippen LogP) is 17.4. The average molecular weight is 836 g/mol. The van der Waals surface area contributed by atoms with Crippen LogP contribution in [0.15, 0.2) is 249 Å². The fourth-order valence-electron chi connectivity index (χ4n) is 9.38. The van der Waals surface area contributed by atoms with E-state index in [1.165, 1.54) is 64.2 Å². The van der Waals surface area contributed by atoms with Gasteiger partial charge in [-0.15, -0.1) is 11.3 Å². The zero-order valence-corrected chi connectivity index (χ0v) is 35.7. The van der Waals surface area contributed by atoms with Crippen LogP contribution in [0, 0.1) is 0 Å². The van der Waals surface area contributed by atoms with E-state index < -0.39 is 0 Å². The molecule has 0 N–H and O–H groups in total. The number of rotatable bonds is 9. The first-order chi connectivity index (χ1) is 31.7. The molecule has 2 aromatic heterocycles. The van der Waals surface area contributed by atoms with Gasteiger partial charge in [-0.1, -0.05) is 152 Å². The van der Waals surface area contributed by atoms with Crippen LogP contribution in [0.3, 0.4) is 0 Å². The fourth-order valence-corrected chi connectivity index (χ4v) is 10.6. The molecule has 0 spiro atoms. The van der Waals surface area contributed by atoms with Gasteiger partial charge >= 0.3 is 0 Å². The first kappa shape index (κ1) is 37.6. The zero-order valence-electron chi connectivity index (χ0n) is 34.9. The molecule has 12 aromatic rings. The minimum absolute atomic E-state index is 1.08. The van der Waals surface area contributed by atoms with Crippen LogP contribution in [0.4, 0.5) is 34.1 Å². The highest BCUT2D eigenvalue weighted by Gasteiger charge is 2.21. The van der Waals surface area contributed by atoms with Gasteiger partial charge in [-0.05, 0) is 119 Å². The molecule has 12 rings (SSSR count). The van der Waals surface area contributed by atoms with Gasteiger partial charge in [-0.25, -0.2) is 0 Å². The third kappa shape index (κ3) is 6.60. The number of benzene rings is 10. The molecule has 0 atom stereocenters. The molecular weight excluding hydrogens is 795 g/mol. The molecule has 3 nitrogen and oxygen atoms in total. The molecule has 2 heterocycles. The second-order valence-electron chi connectivity index (χ2n) is 16.2. The molecule has 4 heteroatoms. The average Bonchev–Trinajstić information content (AvgIpc) is 3.91. The summed E-state index contributed by atoms with van der Waals surface area (Å²) in [6.45, 7) is 0. The maximum Gasteiger partial charge on any atom is 0.0640 e. The minimum atomic E-state index is 1.08. The molecule has 0 radical (unpaired) electrons. The number of thiophene rings is 1. The Hall–Kier alpha value is -8.18. The highest BCUT2D eigenvalue weighted by Crippen LogP contribution is 2.47. The Balaban J connectivity index is 1.01. The molecule has 0 saturated heterocycles. The first-order valence-corrected chi connectivity index (χ1v) is 22.6. The summed E-state index contributed by atoms with van der Waals surface area (Å²) in [5, 5.41) is 5.02. The van der Waals surface area contributed by atoms with Gasteiger partial charge in [0.05, 0.1) is 21.4 Å². The summed E-state index contributed by atoms with van der Waals surface area (Å²) in [5.41, 5.74) is 15.0. The van der Waals surface area contributed by atoms with Crippen LogP contribution in [-0.2, 0) is 0 Å². The van der Waals surface area contributed by atoms with E-state index in [9.17, 15) is 0 Å². The van der Waals surface area contributed by atoms with Gasteiger partial charge in [0.2, 0.25) is 0 Å². The number of aromatic nitrogens is 1. The van der Waals surface area contributed by atoms with Gasteiger partial charge in [0.15, 0.2) is 0 Å².